The Balaban J connectivity index is 1.30. The molecular formula is C39H52N8O10. The smallest absolute Gasteiger partial charge is 0.408 e. The second-order valence-corrected chi connectivity index (χ2v) is 16.0. The summed E-state index contributed by atoms with van der Waals surface area (Å²) in [7, 11) is 0. The third-order valence-electron chi connectivity index (χ3n) is 8.72. The molecule has 0 spiro atoms. The van der Waals surface area contributed by atoms with E-state index >= 15 is 0 Å². The molecule has 4 rings (SSSR count). The second kappa shape index (κ2) is 17.7. The highest BCUT2D eigenvalue weighted by Gasteiger charge is 2.32. The monoisotopic (exact) mass is 792 g/mol. The fourth-order valence-corrected chi connectivity index (χ4v) is 5.53. The molecule has 4 atom stereocenters. The van der Waals surface area contributed by atoms with Gasteiger partial charge in [-0.05, 0) is 90.8 Å². The van der Waals surface area contributed by atoms with Gasteiger partial charge >= 0.3 is 24.1 Å². The van der Waals surface area contributed by atoms with E-state index in [1.165, 1.54) is 9.36 Å². The predicted octanol–water partition coefficient (Wildman–Crippen LogP) is 5.43. The summed E-state index contributed by atoms with van der Waals surface area (Å²) in [4.78, 5) is 48.3. The van der Waals surface area contributed by atoms with Gasteiger partial charge in [-0.1, -0.05) is 48.5 Å². The fourth-order valence-electron chi connectivity index (χ4n) is 5.53. The summed E-state index contributed by atoms with van der Waals surface area (Å²) < 4.78 is 25.0. The summed E-state index contributed by atoms with van der Waals surface area (Å²) in [6.07, 6.45) is 1.44. The highest BCUT2D eigenvalue weighted by atomic mass is 16.6. The highest BCUT2D eigenvalue weighted by molar-refractivity contribution is 5.81. The average molecular weight is 793 g/mol. The molecule has 0 aliphatic heterocycles. The molecule has 308 valence electrons. The number of alkyl carbamates (subject to hydrolysis) is 2. The SMILES string of the molecule is C[C@H]([C@H](NC(=O)OC(C)(C)C)C(=O)O)n1cc(COc2ccc(C(C)(C)c3ccc(OCc4cn([C@H](C)[C@H](NC(=O)OC(C)(C)C)C(=O)O)nn4)cc3)cc2)nn1. The van der Waals surface area contributed by atoms with Crippen LogP contribution in [0.4, 0.5) is 9.59 Å². The molecule has 2 heterocycles. The summed E-state index contributed by atoms with van der Waals surface area (Å²) in [6, 6.07) is 11.2. The third-order valence-corrected chi connectivity index (χ3v) is 8.72. The number of aromatic nitrogens is 6. The van der Waals surface area contributed by atoms with Crippen LogP contribution in [0.25, 0.3) is 0 Å². The summed E-state index contributed by atoms with van der Waals surface area (Å²) in [5.74, 6) is -1.30. The Morgan fingerprint density at radius 1 is 0.614 bits per heavy atom. The Morgan fingerprint density at radius 3 is 1.25 bits per heavy atom. The minimum absolute atomic E-state index is 0.0810. The van der Waals surface area contributed by atoms with Gasteiger partial charge < -0.3 is 39.8 Å². The minimum Gasteiger partial charge on any atom is -0.487 e. The number of carbonyl (C=O) groups excluding carboxylic acids is 2. The van der Waals surface area contributed by atoms with Crippen LogP contribution in [0.5, 0.6) is 11.5 Å². The molecule has 4 N–H and O–H groups in total. The Hall–Kier alpha value is -6.20. The molecule has 0 bridgehead atoms. The lowest BCUT2D eigenvalue weighted by molar-refractivity contribution is -0.141. The number of nitrogens with one attached hydrogen (secondary N) is 2. The zero-order valence-corrected chi connectivity index (χ0v) is 33.8. The average Bonchev–Trinajstić information content (AvgIpc) is 3.80. The van der Waals surface area contributed by atoms with Crippen molar-refractivity contribution in [3.8, 4) is 11.5 Å². The molecule has 2 aromatic heterocycles. The van der Waals surface area contributed by atoms with Crippen LogP contribution in [0, 0.1) is 0 Å². The third kappa shape index (κ3) is 12.4. The minimum atomic E-state index is -1.31. The van der Waals surface area contributed by atoms with Gasteiger partial charge in [0.2, 0.25) is 0 Å². The maximum absolute atomic E-state index is 12.2. The van der Waals surface area contributed by atoms with E-state index in [0.717, 1.165) is 11.1 Å². The van der Waals surface area contributed by atoms with E-state index in [-0.39, 0.29) is 18.6 Å². The fraction of sp³-hybridized carbons (Fsp3) is 0.487. The summed E-state index contributed by atoms with van der Waals surface area (Å²) in [6.45, 7) is 17.7. The van der Waals surface area contributed by atoms with E-state index < -0.39 is 59.5 Å². The van der Waals surface area contributed by atoms with Gasteiger partial charge in [-0.3, -0.25) is 0 Å². The number of amides is 2. The molecule has 0 aliphatic rings. The molecule has 0 unspecified atom stereocenters. The molecular weight excluding hydrogens is 740 g/mol. The Kier molecular flexibility index (Phi) is 13.5. The first-order valence-corrected chi connectivity index (χ1v) is 18.2. The number of benzene rings is 2. The number of hydrogen-bond donors (Lipinski definition) is 4. The summed E-state index contributed by atoms with van der Waals surface area (Å²) >= 11 is 0. The van der Waals surface area contributed by atoms with Gasteiger partial charge in [0, 0.05) is 5.41 Å². The lowest BCUT2D eigenvalue weighted by Gasteiger charge is -2.26. The lowest BCUT2D eigenvalue weighted by Crippen LogP contribution is -2.47. The maximum Gasteiger partial charge on any atom is 0.408 e. The van der Waals surface area contributed by atoms with Gasteiger partial charge in [0.15, 0.2) is 12.1 Å². The van der Waals surface area contributed by atoms with Gasteiger partial charge in [0.05, 0.1) is 24.5 Å². The Labute approximate surface area is 330 Å². The van der Waals surface area contributed by atoms with Gasteiger partial charge in [0.1, 0.15) is 47.3 Å². The van der Waals surface area contributed by atoms with Crippen LogP contribution in [-0.2, 0) is 37.7 Å². The number of nitrogens with zero attached hydrogens (tertiary/aromatic N) is 6. The van der Waals surface area contributed by atoms with E-state index in [1.807, 2.05) is 48.5 Å². The van der Waals surface area contributed by atoms with Crippen molar-refractivity contribution in [2.45, 2.75) is 123 Å². The van der Waals surface area contributed by atoms with Crippen LogP contribution in [0.2, 0.25) is 0 Å². The van der Waals surface area contributed by atoms with Gasteiger partial charge in [-0.2, -0.15) is 0 Å². The van der Waals surface area contributed by atoms with Crippen LogP contribution in [0.1, 0.15) is 104 Å². The molecule has 18 heteroatoms. The van der Waals surface area contributed by atoms with Crippen LogP contribution in [-0.4, -0.2) is 87.6 Å². The zero-order valence-electron chi connectivity index (χ0n) is 33.8. The lowest BCUT2D eigenvalue weighted by atomic mass is 9.78. The van der Waals surface area contributed by atoms with Crippen molar-refractivity contribution >= 4 is 24.1 Å². The number of rotatable bonds is 16. The van der Waals surface area contributed by atoms with Gasteiger partial charge in [0.25, 0.3) is 0 Å². The number of carbonyl (C=O) groups is 4. The molecule has 57 heavy (non-hydrogen) atoms. The molecule has 0 aliphatic carbocycles. The van der Waals surface area contributed by atoms with E-state index in [9.17, 15) is 29.4 Å². The van der Waals surface area contributed by atoms with Crippen molar-refractivity contribution in [3.63, 3.8) is 0 Å². The molecule has 2 aromatic carbocycles. The van der Waals surface area contributed by atoms with Crippen LogP contribution in [0.15, 0.2) is 60.9 Å². The number of hydrogen-bond acceptors (Lipinski definition) is 12. The van der Waals surface area contributed by atoms with Gasteiger partial charge in [-0.15, -0.1) is 10.2 Å². The van der Waals surface area contributed by atoms with Crippen LogP contribution >= 0.6 is 0 Å². The molecule has 0 fully saturated rings. The number of carboxylic acids is 2. The van der Waals surface area contributed by atoms with Crippen molar-refractivity contribution in [1.82, 2.24) is 40.6 Å². The summed E-state index contributed by atoms with van der Waals surface area (Å²) in [5, 5.41) is 40.5. The molecule has 0 radical (unpaired) electrons. The second-order valence-electron chi connectivity index (χ2n) is 16.0. The largest absolute Gasteiger partial charge is 0.487 e. The van der Waals surface area contributed by atoms with E-state index in [4.69, 9.17) is 18.9 Å². The first kappa shape index (κ1) is 43.5. The van der Waals surface area contributed by atoms with Crippen molar-refractivity contribution in [2.24, 2.45) is 0 Å². The van der Waals surface area contributed by atoms with Crippen LogP contribution in [0.3, 0.4) is 0 Å². The van der Waals surface area contributed by atoms with E-state index in [1.54, 1.807) is 67.8 Å². The topological polar surface area (TPSA) is 231 Å². The van der Waals surface area contributed by atoms with Crippen molar-refractivity contribution < 1.29 is 48.3 Å². The number of carboxylic acid groups (broad SMARTS) is 2. The Morgan fingerprint density at radius 2 is 0.947 bits per heavy atom. The van der Waals surface area contributed by atoms with E-state index in [2.05, 4.69) is 45.1 Å². The normalized spacial score (nSPS) is 14.1. The van der Waals surface area contributed by atoms with Crippen molar-refractivity contribution in [3.05, 3.63) is 83.4 Å². The highest BCUT2D eigenvalue weighted by Crippen LogP contribution is 2.33. The van der Waals surface area contributed by atoms with Crippen molar-refractivity contribution in [1.29, 1.82) is 0 Å². The molecule has 4 aromatic rings. The maximum atomic E-state index is 12.2. The summed E-state index contributed by atoms with van der Waals surface area (Å²) in [5.41, 5.74) is 1.05. The van der Waals surface area contributed by atoms with Crippen LogP contribution < -0.4 is 20.1 Å². The molecule has 0 saturated carbocycles. The first-order chi connectivity index (χ1) is 26.5. The number of ether oxygens (including phenoxy) is 4. The molecule has 18 nitrogen and oxygen atoms in total. The molecule has 2 amide bonds. The van der Waals surface area contributed by atoms with Gasteiger partial charge in [-0.25, -0.2) is 28.5 Å². The zero-order chi connectivity index (χ0) is 42.3. The predicted molar refractivity (Wildman–Crippen MR) is 205 cm³/mol. The Bertz CT molecular complexity index is 1850. The van der Waals surface area contributed by atoms with Crippen molar-refractivity contribution in [2.75, 3.05) is 0 Å². The van der Waals surface area contributed by atoms with E-state index in [0.29, 0.717) is 22.9 Å². The standard InChI is InChI=1S/C39H52N8O10/c1-23(31(33(48)49)40-35(52)56-37(3,4)5)46-19-27(42-44-46)21-54-29-15-11-25(12-16-29)39(9,10)26-13-17-30(18-14-26)55-22-28-20-47(45-43-28)24(2)32(34(50)51)41-36(53)57-38(6,7)8/h11-20,23-24,31-32H,21-22H2,1-10H3,(H,40,52)(H,41,53)(H,48,49)(H,50,51)/t23-,24-,31+,32+/m1/s1. The number of aliphatic carboxylic acids is 2. The first-order valence-electron chi connectivity index (χ1n) is 18.2. The quantitative estimate of drug-likeness (QED) is 0.111. The molecule has 0 saturated heterocycles.